The van der Waals surface area contributed by atoms with Gasteiger partial charge in [0.1, 0.15) is 29.4 Å². The Morgan fingerprint density at radius 2 is 1.61 bits per heavy atom. The van der Waals surface area contributed by atoms with Crippen molar-refractivity contribution in [2.24, 2.45) is 0 Å². The lowest BCUT2D eigenvalue weighted by atomic mass is 10.0. The van der Waals surface area contributed by atoms with Crippen molar-refractivity contribution in [2.75, 3.05) is 68.3 Å². The minimum absolute atomic E-state index is 0.0800. The van der Waals surface area contributed by atoms with E-state index in [1.54, 1.807) is 6.07 Å². The second kappa shape index (κ2) is 13.6. The van der Waals surface area contributed by atoms with Crippen LogP contribution in [0.1, 0.15) is 49.3 Å². The molecule has 1 aliphatic carbocycles. The summed E-state index contributed by atoms with van der Waals surface area (Å²) in [5.74, 6) is -0.198. The van der Waals surface area contributed by atoms with Crippen molar-refractivity contribution in [3.05, 3.63) is 69.8 Å². The summed E-state index contributed by atoms with van der Waals surface area (Å²) in [6, 6.07) is 7.48. The van der Waals surface area contributed by atoms with E-state index in [0.29, 0.717) is 48.7 Å². The molecule has 49 heavy (non-hydrogen) atoms. The number of benzene rings is 2. The molecule has 4 heterocycles. The molecule has 1 aromatic heterocycles. The number of hydrogen-bond donors (Lipinski definition) is 1. The van der Waals surface area contributed by atoms with Gasteiger partial charge in [-0.15, -0.1) is 0 Å². The van der Waals surface area contributed by atoms with Gasteiger partial charge in [0, 0.05) is 76.0 Å². The van der Waals surface area contributed by atoms with Gasteiger partial charge in [0.15, 0.2) is 5.82 Å². The van der Waals surface area contributed by atoms with Gasteiger partial charge < -0.3 is 15.0 Å². The molecule has 7 rings (SSSR count). The summed E-state index contributed by atoms with van der Waals surface area (Å²) in [4.78, 5) is 33.3. The first kappa shape index (κ1) is 33.2. The zero-order chi connectivity index (χ0) is 34.3. The number of nitro benzene ring substituents is 1. The zero-order valence-electron chi connectivity index (χ0n) is 27.0. The maximum absolute atomic E-state index is 14.2. The van der Waals surface area contributed by atoms with E-state index in [0.717, 1.165) is 57.2 Å². The van der Waals surface area contributed by atoms with E-state index in [2.05, 4.69) is 25.1 Å². The summed E-state index contributed by atoms with van der Waals surface area (Å²) in [5.41, 5.74) is -0.308. The minimum atomic E-state index is -4.72. The van der Waals surface area contributed by atoms with Crippen molar-refractivity contribution >= 4 is 28.7 Å². The fourth-order valence-electron chi connectivity index (χ4n) is 7.24. The molecular weight excluding hydrogens is 648 g/mol. The number of methoxy groups -OCH3 is 1. The molecule has 0 unspecified atom stereocenters. The van der Waals surface area contributed by atoms with Crippen LogP contribution in [0.25, 0.3) is 0 Å². The molecule has 3 aromatic rings. The third-order valence-corrected chi connectivity index (χ3v) is 9.91. The van der Waals surface area contributed by atoms with E-state index in [-0.39, 0.29) is 29.5 Å². The zero-order valence-corrected chi connectivity index (χ0v) is 27.0. The predicted molar refractivity (Wildman–Crippen MR) is 174 cm³/mol. The number of nitrogens with zero attached hydrogens (tertiary/aromatic N) is 7. The van der Waals surface area contributed by atoms with Crippen LogP contribution in [0.2, 0.25) is 0 Å². The summed E-state index contributed by atoms with van der Waals surface area (Å²) in [5, 5.41) is 16.7. The third-order valence-electron chi connectivity index (χ3n) is 9.91. The Labute approximate surface area is 280 Å². The quantitative estimate of drug-likeness (QED) is 0.164. The van der Waals surface area contributed by atoms with Gasteiger partial charge in [-0.1, -0.05) is 0 Å². The fraction of sp³-hybridized carbons (Fsp3) is 0.515. The van der Waals surface area contributed by atoms with E-state index in [9.17, 15) is 27.7 Å². The molecule has 4 aliphatic rings. The van der Waals surface area contributed by atoms with Crippen LogP contribution in [0, 0.1) is 15.9 Å². The predicted octanol–water partition coefficient (Wildman–Crippen LogP) is 5.93. The standard InChI is InChI=1S/C33H38F4N8O4/c1-48-30-18-28(43-7-4-25(5-8-43)42-11-9-41(10-12-42)24-2-3-24)29(45(46)47)17-26(30)40-31-19-32(39-20-38-31)44-27(6-13-49-44)21-14-22(33(35,36)37)16-23(34)15-21/h14-20,24-25,27H,2-13H2,1H3,(H,38,39,40)/t27-/m1/s1. The van der Waals surface area contributed by atoms with E-state index >= 15 is 0 Å². The lowest BCUT2D eigenvalue weighted by Gasteiger charge is -2.43. The number of anilines is 4. The lowest BCUT2D eigenvalue weighted by molar-refractivity contribution is -0.384. The Morgan fingerprint density at radius 3 is 2.24 bits per heavy atom. The Balaban J connectivity index is 1.07. The summed E-state index contributed by atoms with van der Waals surface area (Å²) >= 11 is 0. The molecule has 0 amide bonds. The van der Waals surface area contributed by atoms with Gasteiger partial charge in [0.05, 0.1) is 35.9 Å². The smallest absolute Gasteiger partial charge is 0.416 e. The number of alkyl halides is 3. The Bertz CT molecular complexity index is 1680. The number of nitrogens with one attached hydrogen (secondary N) is 1. The van der Waals surface area contributed by atoms with Gasteiger partial charge in [0.2, 0.25) is 0 Å². The average molecular weight is 687 g/mol. The maximum atomic E-state index is 14.2. The number of nitro groups is 1. The summed E-state index contributed by atoms with van der Waals surface area (Å²) in [6.07, 6.45) is 1.28. The van der Waals surface area contributed by atoms with Gasteiger partial charge >= 0.3 is 6.18 Å². The van der Waals surface area contributed by atoms with Crippen molar-refractivity contribution in [1.82, 2.24) is 19.8 Å². The molecule has 1 atom stereocenters. The van der Waals surface area contributed by atoms with E-state index in [4.69, 9.17) is 9.57 Å². The Kier molecular flexibility index (Phi) is 9.19. The summed E-state index contributed by atoms with van der Waals surface area (Å²) < 4.78 is 60.1. The van der Waals surface area contributed by atoms with E-state index < -0.39 is 28.5 Å². The number of aromatic nitrogens is 2. The Hall–Kier alpha value is -4.28. The second-order valence-electron chi connectivity index (χ2n) is 12.9. The van der Waals surface area contributed by atoms with E-state index in [1.807, 2.05) is 4.90 Å². The molecule has 16 heteroatoms. The average Bonchev–Trinajstić information content (AvgIpc) is 3.83. The number of hydroxylamine groups is 1. The van der Waals surface area contributed by atoms with Crippen molar-refractivity contribution < 1.29 is 32.1 Å². The van der Waals surface area contributed by atoms with Crippen LogP contribution >= 0.6 is 0 Å². The SMILES string of the molecule is COc1cc(N2CCC(N3CCN(C4CC4)CC3)CC2)c([N+](=O)[O-])cc1Nc1cc(N2OCC[C@@H]2c2cc(F)cc(C(F)(F)F)c2)ncn1. The number of halogens is 4. The summed E-state index contributed by atoms with van der Waals surface area (Å²) in [6.45, 7) is 5.89. The first-order valence-electron chi connectivity index (χ1n) is 16.6. The van der Waals surface area contributed by atoms with Crippen LogP contribution < -0.4 is 20.0 Å². The molecule has 3 saturated heterocycles. The van der Waals surface area contributed by atoms with Gasteiger partial charge in [-0.05, 0) is 49.4 Å². The van der Waals surface area contributed by atoms with Crippen LogP contribution in [0.5, 0.6) is 5.75 Å². The first-order chi connectivity index (χ1) is 23.6. The van der Waals surface area contributed by atoms with Crippen LogP contribution in [-0.2, 0) is 11.0 Å². The number of piperidine rings is 1. The van der Waals surface area contributed by atoms with Crippen molar-refractivity contribution in [2.45, 2.75) is 56.4 Å². The van der Waals surface area contributed by atoms with Crippen molar-refractivity contribution in [1.29, 1.82) is 0 Å². The van der Waals surface area contributed by atoms with Gasteiger partial charge in [-0.25, -0.2) is 19.4 Å². The maximum Gasteiger partial charge on any atom is 0.416 e. The van der Waals surface area contributed by atoms with E-state index in [1.165, 1.54) is 43.5 Å². The molecule has 0 bridgehead atoms. The first-order valence-corrected chi connectivity index (χ1v) is 16.6. The molecule has 0 spiro atoms. The number of ether oxygens (including phenoxy) is 1. The minimum Gasteiger partial charge on any atom is -0.494 e. The normalized spacial score (nSPS) is 21.3. The molecular formula is C33H38F4N8O4. The molecule has 4 fully saturated rings. The lowest BCUT2D eigenvalue weighted by Crippen LogP contribution is -2.53. The molecule has 1 N–H and O–H groups in total. The number of piperazine rings is 1. The summed E-state index contributed by atoms with van der Waals surface area (Å²) in [7, 11) is 1.48. The van der Waals surface area contributed by atoms with Gasteiger partial charge in [-0.3, -0.25) is 24.8 Å². The van der Waals surface area contributed by atoms with Crippen LogP contribution in [-0.4, -0.2) is 89.8 Å². The molecule has 0 radical (unpaired) electrons. The van der Waals surface area contributed by atoms with Crippen LogP contribution in [0.15, 0.2) is 42.7 Å². The molecule has 12 nitrogen and oxygen atoms in total. The molecule has 262 valence electrons. The second-order valence-corrected chi connectivity index (χ2v) is 12.9. The number of hydrogen-bond acceptors (Lipinski definition) is 11. The largest absolute Gasteiger partial charge is 0.494 e. The van der Waals surface area contributed by atoms with Crippen molar-refractivity contribution in [3.8, 4) is 5.75 Å². The highest BCUT2D eigenvalue weighted by Gasteiger charge is 2.36. The number of rotatable bonds is 9. The third kappa shape index (κ3) is 7.21. The highest BCUT2D eigenvalue weighted by Crippen LogP contribution is 2.42. The molecule has 2 aromatic carbocycles. The topological polar surface area (TPSA) is 112 Å². The van der Waals surface area contributed by atoms with Gasteiger partial charge in [-0.2, -0.15) is 13.2 Å². The van der Waals surface area contributed by atoms with Gasteiger partial charge in [0.25, 0.3) is 5.69 Å². The molecule has 1 saturated carbocycles. The fourth-order valence-corrected chi connectivity index (χ4v) is 7.24. The molecule has 3 aliphatic heterocycles. The highest BCUT2D eigenvalue weighted by molar-refractivity contribution is 5.77. The van der Waals surface area contributed by atoms with Crippen molar-refractivity contribution in [3.63, 3.8) is 0 Å². The monoisotopic (exact) mass is 686 g/mol. The Morgan fingerprint density at radius 1 is 0.918 bits per heavy atom. The van der Waals surface area contributed by atoms with Crippen LogP contribution in [0.4, 0.5) is 46.3 Å². The van der Waals surface area contributed by atoms with Crippen LogP contribution in [0.3, 0.4) is 0 Å². The highest BCUT2D eigenvalue weighted by atomic mass is 19.4.